The van der Waals surface area contributed by atoms with Crippen molar-refractivity contribution in [3.8, 4) is 11.5 Å². The predicted molar refractivity (Wildman–Crippen MR) is 182 cm³/mol. The highest BCUT2D eigenvalue weighted by molar-refractivity contribution is 9.10. The molecule has 2 heterocycles. The number of ether oxygens (including phenoxy) is 2. The molecule has 0 saturated carbocycles. The molecular formula is C30H32BrF4N7O5S2. The predicted octanol–water partition coefficient (Wildman–Crippen LogP) is 6.23. The van der Waals surface area contributed by atoms with Crippen LogP contribution in [0.2, 0.25) is 0 Å². The van der Waals surface area contributed by atoms with Crippen LogP contribution in [0.5, 0.6) is 11.5 Å². The number of hydrogen-bond donors (Lipinski definition) is 2. The normalized spacial score (nSPS) is 10.3. The first-order chi connectivity index (χ1) is 23.2. The molecule has 0 fully saturated rings. The zero-order chi connectivity index (χ0) is 36.8. The Bertz CT molecular complexity index is 1760. The summed E-state index contributed by atoms with van der Waals surface area (Å²) in [5, 5.41) is 2.03. The van der Waals surface area contributed by atoms with E-state index < -0.39 is 34.6 Å². The summed E-state index contributed by atoms with van der Waals surface area (Å²) in [6.07, 6.45) is 2.58. The number of halogens is 5. The van der Waals surface area contributed by atoms with Gasteiger partial charge in [0.05, 0.1) is 36.9 Å². The second kappa shape index (κ2) is 19.7. The van der Waals surface area contributed by atoms with E-state index in [9.17, 15) is 27.2 Å². The van der Waals surface area contributed by atoms with Gasteiger partial charge in [0.1, 0.15) is 28.8 Å². The van der Waals surface area contributed by atoms with Crippen LogP contribution in [0.25, 0.3) is 0 Å². The molecule has 49 heavy (non-hydrogen) atoms. The fourth-order valence-corrected chi connectivity index (χ4v) is 5.17. The van der Waals surface area contributed by atoms with Crippen LogP contribution in [0.3, 0.4) is 0 Å². The Morgan fingerprint density at radius 3 is 1.86 bits per heavy atom. The lowest BCUT2D eigenvalue weighted by molar-refractivity contribution is -0.0756. The summed E-state index contributed by atoms with van der Waals surface area (Å²) < 4.78 is 62.8. The van der Waals surface area contributed by atoms with Crippen molar-refractivity contribution < 1.29 is 41.5 Å². The number of rotatable bonds is 10. The van der Waals surface area contributed by atoms with E-state index in [1.54, 1.807) is 0 Å². The summed E-state index contributed by atoms with van der Waals surface area (Å²) in [7, 11) is 5.44. The third-order valence-electron chi connectivity index (χ3n) is 5.84. The summed E-state index contributed by atoms with van der Waals surface area (Å²) in [5.41, 5.74) is 10.7. The van der Waals surface area contributed by atoms with E-state index in [-0.39, 0.29) is 44.6 Å². The number of carbonyl (C=O) groups excluding carboxylic acids is 2. The number of carbonyl (C=O) groups is 2. The fraction of sp³-hybridized carbons (Fsp3) is 0.267. The number of hydrogen-bond acceptors (Lipinski definition) is 13. The Morgan fingerprint density at radius 1 is 0.857 bits per heavy atom. The summed E-state index contributed by atoms with van der Waals surface area (Å²) in [5.74, 6) is -3.32. The highest BCUT2D eigenvalue weighted by Gasteiger charge is 2.25. The number of benzene rings is 2. The van der Waals surface area contributed by atoms with Gasteiger partial charge in [-0.1, -0.05) is 37.4 Å². The molecule has 19 heteroatoms. The van der Waals surface area contributed by atoms with Crippen molar-refractivity contribution in [1.82, 2.24) is 25.0 Å². The topological polar surface area (TPSA) is 169 Å². The standard InChI is InChI=1S/C14H13F2N3O2S.C9H14N4O2S.C7H5BrF2O/c1-3-22-14-18-6-7(13(17)19-14)12(20)10-8(15)4-5-9(21-2)11(10)16;1-4-16-9-11-5-6(7(10)12-9)8(14)13(2)15-3;1-11-7-5(8)2-4(9)3-6(7)10/h4-6H,3H2,1-2H3,(H2,17,18,19);5H,4H2,1-3H3,(H2,10,11,12);2-3H,1H3. The molecule has 0 saturated heterocycles. The first-order valence-corrected chi connectivity index (χ1v) is 16.6. The lowest BCUT2D eigenvalue weighted by Crippen LogP contribution is -2.26. The van der Waals surface area contributed by atoms with Gasteiger partial charge in [-0.3, -0.25) is 14.4 Å². The van der Waals surface area contributed by atoms with E-state index in [1.807, 2.05) is 13.8 Å². The summed E-state index contributed by atoms with van der Waals surface area (Å²) in [6, 6.07) is 3.96. The van der Waals surface area contributed by atoms with Gasteiger partial charge < -0.3 is 20.9 Å². The zero-order valence-corrected chi connectivity index (χ0v) is 30.2. The van der Waals surface area contributed by atoms with Crippen molar-refractivity contribution in [1.29, 1.82) is 0 Å². The third-order valence-corrected chi connectivity index (χ3v) is 7.92. The number of nitrogens with zero attached hydrogens (tertiary/aromatic N) is 5. The average molecular weight is 791 g/mol. The number of anilines is 2. The zero-order valence-electron chi connectivity index (χ0n) is 27.0. The van der Waals surface area contributed by atoms with Gasteiger partial charge in [0.25, 0.3) is 5.91 Å². The minimum absolute atomic E-state index is 0.0198. The monoisotopic (exact) mass is 789 g/mol. The molecule has 4 rings (SSSR count). The minimum atomic E-state index is -1.08. The summed E-state index contributed by atoms with van der Waals surface area (Å²) >= 11 is 5.76. The van der Waals surface area contributed by atoms with Crippen LogP contribution >= 0.6 is 39.5 Å². The molecule has 0 spiro atoms. The Kier molecular flexibility index (Phi) is 16.5. The number of thioether (sulfide) groups is 2. The first kappa shape index (κ1) is 41.0. The molecule has 2 aromatic carbocycles. The van der Waals surface area contributed by atoms with Crippen molar-refractivity contribution >= 4 is 62.8 Å². The third kappa shape index (κ3) is 11.2. The maximum Gasteiger partial charge on any atom is 0.282 e. The van der Waals surface area contributed by atoms with Gasteiger partial charge in [-0.2, -0.15) is 0 Å². The summed E-state index contributed by atoms with van der Waals surface area (Å²) in [6.45, 7) is 3.90. The van der Waals surface area contributed by atoms with Crippen LogP contribution in [0.4, 0.5) is 29.2 Å². The quantitative estimate of drug-likeness (QED) is 0.0611. The van der Waals surface area contributed by atoms with Gasteiger partial charge in [-0.05, 0) is 45.6 Å². The number of nitrogens with two attached hydrogens (primary N) is 2. The van der Waals surface area contributed by atoms with E-state index in [2.05, 4.69) is 40.6 Å². The Hall–Kier alpha value is -4.20. The second-order valence-electron chi connectivity index (χ2n) is 8.92. The molecule has 1 amide bonds. The molecule has 0 aliphatic carbocycles. The maximum absolute atomic E-state index is 14.1. The van der Waals surface area contributed by atoms with Gasteiger partial charge in [-0.15, -0.1) is 0 Å². The minimum Gasteiger partial charge on any atom is -0.494 e. The van der Waals surface area contributed by atoms with Crippen LogP contribution < -0.4 is 20.9 Å². The van der Waals surface area contributed by atoms with Crippen LogP contribution in [0.1, 0.15) is 40.1 Å². The number of amides is 1. The molecule has 4 N–H and O–H groups in total. The summed E-state index contributed by atoms with van der Waals surface area (Å²) in [4.78, 5) is 44.8. The second-order valence-corrected chi connectivity index (χ2v) is 12.2. The van der Waals surface area contributed by atoms with Gasteiger partial charge in [0.2, 0.25) is 5.78 Å². The van der Waals surface area contributed by atoms with E-state index in [4.69, 9.17) is 21.0 Å². The number of hydroxylamine groups is 2. The smallest absolute Gasteiger partial charge is 0.282 e. The fourth-order valence-electron chi connectivity index (χ4n) is 3.50. The SMILES string of the molecule is CCSc1ncc(C(=O)N(C)OC)c(N)n1.CCSc1ncc(C(=O)c2c(F)ccc(OC)c2F)c(N)n1.COc1c(F)cc(F)cc1Br. The molecule has 264 valence electrons. The highest BCUT2D eigenvalue weighted by atomic mass is 79.9. The molecule has 12 nitrogen and oxygen atoms in total. The number of nitrogen functional groups attached to an aromatic ring is 2. The molecule has 0 radical (unpaired) electrons. The Labute approximate surface area is 296 Å². The van der Waals surface area contributed by atoms with Gasteiger partial charge in [0, 0.05) is 25.5 Å². The van der Waals surface area contributed by atoms with Crippen molar-refractivity contribution in [2.24, 2.45) is 0 Å². The van der Waals surface area contributed by atoms with Gasteiger partial charge in [0.15, 0.2) is 33.4 Å². The van der Waals surface area contributed by atoms with E-state index >= 15 is 0 Å². The van der Waals surface area contributed by atoms with Crippen LogP contribution in [0, 0.1) is 23.3 Å². The van der Waals surface area contributed by atoms with Crippen molar-refractivity contribution in [2.75, 3.05) is 51.4 Å². The molecule has 0 atom stereocenters. The van der Waals surface area contributed by atoms with Crippen LogP contribution in [0.15, 0.2) is 51.4 Å². The van der Waals surface area contributed by atoms with Crippen LogP contribution in [-0.2, 0) is 4.84 Å². The van der Waals surface area contributed by atoms with Crippen molar-refractivity contribution in [2.45, 2.75) is 24.2 Å². The molecule has 4 aromatic rings. The number of ketones is 1. The molecule has 0 aliphatic rings. The van der Waals surface area contributed by atoms with Crippen molar-refractivity contribution in [3.63, 3.8) is 0 Å². The first-order valence-electron chi connectivity index (χ1n) is 13.8. The van der Waals surface area contributed by atoms with E-state index in [1.165, 1.54) is 64.3 Å². The lowest BCUT2D eigenvalue weighted by atomic mass is 10.0. The van der Waals surface area contributed by atoms with E-state index in [0.29, 0.717) is 10.3 Å². The van der Waals surface area contributed by atoms with E-state index in [0.717, 1.165) is 40.8 Å². The molecule has 0 bridgehead atoms. The highest BCUT2D eigenvalue weighted by Crippen LogP contribution is 2.29. The van der Waals surface area contributed by atoms with Gasteiger partial charge in [-0.25, -0.2) is 42.6 Å². The Balaban J connectivity index is 0.000000271. The maximum atomic E-state index is 14.1. The molecule has 2 aromatic heterocycles. The molecular weight excluding hydrogens is 758 g/mol. The van der Waals surface area contributed by atoms with Crippen molar-refractivity contribution in [3.05, 3.63) is 81.1 Å². The molecule has 0 aliphatic heterocycles. The largest absolute Gasteiger partial charge is 0.494 e. The lowest BCUT2D eigenvalue weighted by Gasteiger charge is -2.14. The van der Waals surface area contributed by atoms with Crippen LogP contribution in [-0.4, -0.2) is 76.6 Å². The number of aromatic nitrogens is 4. The average Bonchev–Trinajstić information content (AvgIpc) is 3.05. The Morgan fingerprint density at radius 2 is 1.41 bits per heavy atom. The van der Waals surface area contributed by atoms with Gasteiger partial charge >= 0.3 is 0 Å². The number of methoxy groups -OCH3 is 2. The molecule has 0 unspecified atom stereocenters.